The van der Waals surface area contributed by atoms with Crippen LogP contribution in [0.2, 0.25) is 0 Å². The van der Waals surface area contributed by atoms with Crippen LogP contribution in [0.5, 0.6) is 17.2 Å². The monoisotopic (exact) mass is 380 g/mol. The first-order valence-electron chi connectivity index (χ1n) is 8.93. The van der Waals surface area contributed by atoms with Crippen LogP contribution in [0.4, 0.5) is 5.69 Å². The first-order valence-corrected chi connectivity index (χ1v) is 8.93. The molecule has 28 heavy (non-hydrogen) atoms. The zero-order valence-electron chi connectivity index (χ0n) is 16.2. The number of nitrogens with zero attached hydrogens (tertiary/aromatic N) is 1. The Balaban J connectivity index is 1.78. The fourth-order valence-corrected chi connectivity index (χ4v) is 3.08. The third-order valence-corrected chi connectivity index (χ3v) is 4.53. The van der Waals surface area contributed by atoms with Crippen molar-refractivity contribution in [3.8, 4) is 17.2 Å². The maximum atomic E-state index is 12.7. The van der Waals surface area contributed by atoms with Crippen molar-refractivity contribution in [2.45, 2.75) is 12.5 Å². The quantitative estimate of drug-likeness (QED) is 0.638. The van der Waals surface area contributed by atoms with E-state index in [1.165, 1.54) is 0 Å². The van der Waals surface area contributed by atoms with Crippen molar-refractivity contribution in [3.63, 3.8) is 0 Å². The molecule has 1 heterocycles. The van der Waals surface area contributed by atoms with Gasteiger partial charge in [0.25, 0.3) is 0 Å². The maximum Gasteiger partial charge on any atom is 0.226 e. The minimum atomic E-state index is -0.124. The molecule has 0 aliphatic heterocycles. The van der Waals surface area contributed by atoms with Gasteiger partial charge in [-0.05, 0) is 42.0 Å². The van der Waals surface area contributed by atoms with Gasteiger partial charge in [0.05, 0.1) is 33.8 Å². The Morgan fingerprint density at radius 3 is 2.21 bits per heavy atom. The fraction of sp³-hybridized carbons (Fsp3) is 0.227. The summed E-state index contributed by atoms with van der Waals surface area (Å²) in [6.07, 6.45) is 4.20. The van der Waals surface area contributed by atoms with Gasteiger partial charge >= 0.3 is 0 Å². The van der Waals surface area contributed by atoms with Crippen LogP contribution >= 0.6 is 0 Å². The molecule has 0 bridgehead atoms. The molecule has 6 nitrogen and oxygen atoms in total. The van der Waals surface area contributed by atoms with Crippen molar-refractivity contribution >= 4 is 11.6 Å². The lowest BCUT2D eigenvalue weighted by Gasteiger charge is -2.20. The van der Waals surface area contributed by atoms with E-state index < -0.39 is 0 Å². The summed E-state index contributed by atoms with van der Waals surface area (Å²) in [5.74, 6) is 1.87. The van der Waals surface area contributed by atoms with Gasteiger partial charge in [-0.3, -0.25) is 4.79 Å². The second kappa shape index (κ2) is 8.99. The van der Waals surface area contributed by atoms with Crippen LogP contribution in [0.1, 0.15) is 18.0 Å². The van der Waals surface area contributed by atoms with Gasteiger partial charge in [0.2, 0.25) is 5.91 Å². The van der Waals surface area contributed by atoms with Gasteiger partial charge < -0.3 is 24.1 Å². The molecular weight excluding hydrogens is 356 g/mol. The van der Waals surface area contributed by atoms with Crippen molar-refractivity contribution < 1.29 is 19.0 Å². The van der Waals surface area contributed by atoms with Crippen LogP contribution in [-0.2, 0) is 4.79 Å². The van der Waals surface area contributed by atoms with Gasteiger partial charge in [-0.15, -0.1) is 0 Å². The zero-order valence-corrected chi connectivity index (χ0v) is 16.2. The van der Waals surface area contributed by atoms with E-state index in [1.807, 2.05) is 53.4 Å². The molecule has 1 aromatic heterocycles. The lowest BCUT2D eigenvalue weighted by molar-refractivity contribution is -0.116. The van der Waals surface area contributed by atoms with Crippen molar-refractivity contribution in [2.75, 3.05) is 26.6 Å². The highest BCUT2D eigenvalue weighted by Gasteiger charge is 2.18. The van der Waals surface area contributed by atoms with E-state index in [0.717, 1.165) is 11.3 Å². The number of rotatable bonds is 8. The second-order valence-electron chi connectivity index (χ2n) is 6.24. The number of methoxy groups -OCH3 is 3. The number of carbonyl (C=O) groups is 1. The summed E-state index contributed by atoms with van der Waals surface area (Å²) in [6, 6.07) is 16.8. The summed E-state index contributed by atoms with van der Waals surface area (Å²) in [7, 11) is 4.77. The normalized spacial score (nSPS) is 11.5. The van der Waals surface area contributed by atoms with E-state index in [-0.39, 0.29) is 18.4 Å². The molecule has 0 aliphatic carbocycles. The predicted octanol–water partition coefficient (Wildman–Crippen LogP) is 4.13. The van der Waals surface area contributed by atoms with E-state index in [9.17, 15) is 4.79 Å². The Morgan fingerprint density at radius 2 is 1.61 bits per heavy atom. The fourth-order valence-electron chi connectivity index (χ4n) is 3.08. The molecule has 1 unspecified atom stereocenters. The summed E-state index contributed by atoms with van der Waals surface area (Å²) in [4.78, 5) is 12.7. The van der Waals surface area contributed by atoms with E-state index in [4.69, 9.17) is 14.2 Å². The molecule has 0 fully saturated rings. The van der Waals surface area contributed by atoms with Gasteiger partial charge in [-0.1, -0.05) is 12.1 Å². The molecule has 146 valence electrons. The van der Waals surface area contributed by atoms with Crippen LogP contribution in [0.3, 0.4) is 0 Å². The van der Waals surface area contributed by atoms with E-state index in [0.29, 0.717) is 17.2 Å². The Kier molecular flexibility index (Phi) is 6.22. The highest BCUT2D eigenvalue weighted by molar-refractivity contribution is 5.91. The topological polar surface area (TPSA) is 61.7 Å². The number of amides is 1. The molecule has 3 aromatic rings. The van der Waals surface area contributed by atoms with Gasteiger partial charge in [0.1, 0.15) is 5.75 Å². The summed E-state index contributed by atoms with van der Waals surface area (Å²) in [6.45, 7) is 0. The van der Waals surface area contributed by atoms with Crippen molar-refractivity contribution in [2.24, 2.45) is 0 Å². The first kappa shape index (κ1) is 19.4. The highest BCUT2D eigenvalue weighted by atomic mass is 16.5. The van der Waals surface area contributed by atoms with Crippen molar-refractivity contribution in [1.29, 1.82) is 0 Å². The minimum Gasteiger partial charge on any atom is -0.497 e. The van der Waals surface area contributed by atoms with Gasteiger partial charge in [0, 0.05) is 24.1 Å². The lowest BCUT2D eigenvalue weighted by Crippen LogP contribution is -2.19. The number of nitrogens with one attached hydrogen (secondary N) is 1. The third kappa shape index (κ3) is 4.46. The highest BCUT2D eigenvalue weighted by Crippen LogP contribution is 2.30. The molecule has 2 aromatic carbocycles. The van der Waals surface area contributed by atoms with E-state index in [2.05, 4.69) is 5.32 Å². The standard InChI is InChI=1S/C22H24N2O4/c1-26-18-9-6-16(7-10-18)19(24-12-4-5-13-24)15-22(25)23-17-8-11-20(27-2)21(14-17)28-3/h4-14,19H,15H2,1-3H3,(H,23,25). The Labute approximate surface area is 164 Å². The molecule has 0 aliphatic rings. The zero-order chi connectivity index (χ0) is 19.9. The molecule has 0 radical (unpaired) electrons. The number of hydrogen-bond acceptors (Lipinski definition) is 4. The molecule has 1 atom stereocenters. The average molecular weight is 380 g/mol. The summed E-state index contributed by atoms with van der Waals surface area (Å²) in [5.41, 5.74) is 1.68. The molecule has 3 rings (SSSR count). The number of carbonyl (C=O) groups excluding carboxylic acids is 1. The summed E-state index contributed by atoms with van der Waals surface area (Å²) >= 11 is 0. The molecular formula is C22H24N2O4. The van der Waals surface area contributed by atoms with Crippen LogP contribution in [-0.4, -0.2) is 31.8 Å². The summed E-state index contributed by atoms with van der Waals surface area (Å²) < 4.78 is 17.8. The Morgan fingerprint density at radius 1 is 0.929 bits per heavy atom. The SMILES string of the molecule is COc1ccc(C(CC(=O)Nc2ccc(OC)c(OC)c2)n2cccc2)cc1. The van der Waals surface area contributed by atoms with E-state index in [1.54, 1.807) is 39.5 Å². The Bertz CT molecular complexity index is 905. The molecule has 0 saturated carbocycles. The number of benzene rings is 2. The van der Waals surface area contributed by atoms with Crippen molar-refractivity contribution in [1.82, 2.24) is 4.57 Å². The summed E-state index contributed by atoms with van der Waals surface area (Å²) in [5, 5.41) is 2.94. The maximum absolute atomic E-state index is 12.7. The smallest absolute Gasteiger partial charge is 0.226 e. The van der Waals surface area contributed by atoms with Gasteiger partial charge in [-0.25, -0.2) is 0 Å². The molecule has 1 N–H and O–H groups in total. The largest absolute Gasteiger partial charge is 0.497 e. The Hall–Kier alpha value is -3.41. The molecule has 0 saturated heterocycles. The number of ether oxygens (including phenoxy) is 3. The number of aromatic nitrogens is 1. The third-order valence-electron chi connectivity index (χ3n) is 4.53. The number of anilines is 1. The van der Waals surface area contributed by atoms with Gasteiger partial charge in [0.15, 0.2) is 11.5 Å². The molecule has 0 spiro atoms. The van der Waals surface area contributed by atoms with Crippen molar-refractivity contribution in [3.05, 3.63) is 72.6 Å². The second-order valence-corrected chi connectivity index (χ2v) is 6.24. The lowest BCUT2D eigenvalue weighted by atomic mass is 10.0. The van der Waals surface area contributed by atoms with Crippen LogP contribution in [0.25, 0.3) is 0 Å². The van der Waals surface area contributed by atoms with Crippen LogP contribution in [0, 0.1) is 0 Å². The van der Waals surface area contributed by atoms with Gasteiger partial charge in [-0.2, -0.15) is 0 Å². The number of hydrogen-bond donors (Lipinski definition) is 1. The molecule has 6 heteroatoms. The predicted molar refractivity (Wildman–Crippen MR) is 108 cm³/mol. The van der Waals surface area contributed by atoms with E-state index >= 15 is 0 Å². The molecule has 1 amide bonds. The minimum absolute atomic E-state index is 0.0956. The van der Waals surface area contributed by atoms with Crippen LogP contribution in [0.15, 0.2) is 67.0 Å². The average Bonchev–Trinajstić information content (AvgIpc) is 3.26. The first-order chi connectivity index (χ1) is 13.6. The van der Waals surface area contributed by atoms with Crippen LogP contribution < -0.4 is 19.5 Å².